The number of nitrogens with two attached hydrogens (primary N) is 1. The zero-order valence-corrected chi connectivity index (χ0v) is 12.7. The smallest absolute Gasteiger partial charge is 0.316 e. The Morgan fingerprint density at radius 1 is 1.23 bits per heavy atom. The van der Waals surface area contributed by atoms with E-state index < -0.39 is 6.03 Å². The van der Waals surface area contributed by atoms with Crippen LogP contribution in [0.25, 0.3) is 11.8 Å². The molecule has 0 aliphatic rings. The minimum Gasteiger partial charge on any atom is -0.497 e. The predicted molar refractivity (Wildman–Crippen MR) is 85.9 cm³/mol. The number of benzene rings is 1. The van der Waals surface area contributed by atoms with Crippen LogP contribution >= 0.6 is 0 Å². The highest BCUT2D eigenvalue weighted by Crippen LogP contribution is 2.17. The number of nitrogens with one attached hydrogen (secondary N) is 1. The van der Waals surface area contributed by atoms with E-state index in [0.717, 1.165) is 23.4 Å². The van der Waals surface area contributed by atoms with Crippen LogP contribution in [-0.4, -0.2) is 13.1 Å². The summed E-state index contributed by atoms with van der Waals surface area (Å²) in [7, 11) is 1.62. The molecule has 1 aromatic heterocycles. The maximum atomic E-state index is 11.2. The van der Waals surface area contributed by atoms with Crippen molar-refractivity contribution in [3.05, 3.63) is 59.9 Å². The summed E-state index contributed by atoms with van der Waals surface area (Å²) in [5.74, 6) is 0.783. The molecule has 5 heteroatoms. The molecule has 0 unspecified atom stereocenters. The van der Waals surface area contributed by atoms with Crippen molar-refractivity contribution in [3.8, 4) is 5.75 Å². The highest BCUT2D eigenvalue weighted by atomic mass is 16.5. The van der Waals surface area contributed by atoms with Crippen LogP contribution in [0.2, 0.25) is 0 Å². The van der Waals surface area contributed by atoms with Gasteiger partial charge in [-0.2, -0.15) is 0 Å². The first kappa shape index (κ1) is 15.6. The Morgan fingerprint density at radius 2 is 1.86 bits per heavy atom. The van der Waals surface area contributed by atoms with Gasteiger partial charge in [0.05, 0.1) is 12.8 Å². The minimum absolute atomic E-state index is 0.591. The molecule has 0 aliphatic carbocycles. The standard InChI is InChI=1S/C17H19N3O2/c1-3-20-10-8-14(9-11-20)16(19-17(18)21)12-13-4-6-15(22-2)7-5-13/h4-12H,3H2,1-2H3,(H2-,18,19,21)/p+1/b16-12-. The molecule has 0 atom stereocenters. The van der Waals surface area contributed by atoms with Crippen molar-refractivity contribution in [2.75, 3.05) is 7.11 Å². The number of rotatable bonds is 5. The molecule has 0 saturated carbocycles. The Kier molecular flexibility index (Phi) is 5.14. The highest BCUT2D eigenvalue weighted by Gasteiger charge is 2.07. The second-order valence-electron chi connectivity index (χ2n) is 4.74. The number of primary amides is 1. The second kappa shape index (κ2) is 7.26. The topological polar surface area (TPSA) is 68.2 Å². The number of methoxy groups -OCH3 is 1. The van der Waals surface area contributed by atoms with Crippen LogP contribution < -0.4 is 20.4 Å². The molecule has 0 bridgehead atoms. The summed E-state index contributed by atoms with van der Waals surface area (Å²) in [5.41, 5.74) is 7.75. The molecule has 0 fully saturated rings. The van der Waals surface area contributed by atoms with Gasteiger partial charge in [-0.05, 0) is 30.7 Å². The van der Waals surface area contributed by atoms with Crippen molar-refractivity contribution >= 4 is 17.8 Å². The number of pyridine rings is 1. The van der Waals surface area contributed by atoms with E-state index in [2.05, 4.69) is 12.2 Å². The van der Waals surface area contributed by atoms with E-state index in [-0.39, 0.29) is 0 Å². The molecule has 2 amide bonds. The molecule has 0 saturated heterocycles. The van der Waals surface area contributed by atoms with Gasteiger partial charge in [0.1, 0.15) is 12.3 Å². The number of ether oxygens (including phenoxy) is 1. The summed E-state index contributed by atoms with van der Waals surface area (Å²) in [6, 6.07) is 10.8. The number of urea groups is 1. The number of nitrogens with zero attached hydrogens (tertiary/aromatic N) is 1. The van der Waals surface area contributed by atoms with Crippen LogP contribution in [0.1, 0.15) is 18.1 Å². The quantitative estimate of drug-likeness (QED) is 0.831. The summed E-state index contributed by atoms with van der Waals surface area (Å²) in [5, 5.41) is 2.67. The second-order valence-corrected chi connectivity index (χ2v) is 4.74. The molecule has 5 nitrogen and oxygen atoms in total. The van der Waals surface area contributed by atoms with Crippen molar-refractivity contribution in [3.63, 3.8) is 0 Å². The largest absolute Gasteiger partial charge is 0.497 e. The Hall–Kier alpha value is -2.82. The van der Waals surface area contributed by atoms with Crippen LogP contribution in [0.15, 0.2) is 48.8 Å². The van der Waals surface area contributed by atoms with Gasteiger partial charge in [0.25, 0.3) is 0 Å². The third-order valence-electron chi connectivity index (χ3n) is 3.25. The van der Waals surface area contributed by atoms with Gasteiger partial charge >= 0.3 is 6.03 Å². The monoisotopic (exact) mass is 298 g/mol. The molecular weight excluding hydrogens is 278 g/mol. The number of carbonyl (C=O) groups is 1. The molecule has 0 aliphatic heterocycles. The third-order valence-corrected chi connectivity index (χ3v) is 3.25. The SMILES string of the molecule is CC[n+]1ccc(/C(=C/c2ccc(OC)cc2)NC(N)=O)cc1. The molecule has 1 heterocycles. The maximum absolute atomic E-state index is 11.2. The Labute approximate surface area is 130 Å². The maximum Gasteiger partial charge on any atom is 0.316 e. The van der Waals surface area contributed by atoms with Crippen LogP contribution in [0.3, 0.4) is 0 Å². The Bertz CT molecular complexity index is 661. The van der Waals surface area contributed by atoms with E-state index in [9.17, 15) is 4.79 Å². The summed E-state index contributed by atoms with van der Waals surface area (Å²) in [6.45, 7) is 2.95. The first-order chi connectivity index (χ1) is 10.6. The zero-order chi connectivity index (χ0) is 15.9. The minimum atomic E-state index is -0.591. The molecule has 22 heavy (non-hydrogen) atoms. The van der Waals surface area contributed by atoms with E-state index in [1.807, 2.05) is 59.4 Å². The molecule has 114 valence electrons. The van der Waals surface area contributed by atoms with Crippen LogP contribution in [0.4, 0.5) is 4.79 Å². The van der Waals surface area contributed by atoms with E-state index >= 15 is 0 Å². The van der Waals surface area contributed by atoms with Crippen molar-refractivity contribution in [2.24, 2.45) is 5.73 Å². The number of hydrogen-bond donors (Lipinski definition) is 2. The Morgan fingerprint density at radius 3 is 2.36 bits per heavy atom. The molecule has 2 aromatic rings. The van der Waals surface area contributed by atoms with Crippen molar-refractivity contribution in [2.45, 2.75) is 13.5 Å². The molecule has 0 spiro atoms. The lowest BCUT2D eigenvalue weighted by molar-refractivity contribution is -0.693. The number of amides is 2. The summed E-state index contributed by atoms with van der Waals surface area (Å²) in [4.78, 5) is 11.2. The van der Waals surface area contributed by atoms with Crippen molar-refractivity contribution in [1.82, 2.24) is 5.32 Å². The van der Waals surface area contributed by atoms with Gasteiger partial charge in [-0.1, -0.05) is 12.1 Å². The fraction of sp³-hybridized carbons (Fsp3) is 0.176. The van der Waals surface area contributed by atoms with Crippen LogP contribution in [-0.2, 0) is 6.54 Å². The van der Waals surface area contributed by atoms with E-state index in [0.29, 0.717) is 5.70 Å². The third kappa shape index (κ3) is 4.09. The number of hydrogen-bond acceptors (Lipinski definition) is 2. The summed E-state index contributed by atoms with van der Waals surface area (Å²) >= 11 is 0. The Balaban J connectivity index is 2.34. The van der Waals surface area contributed by atoms with E-state index in [1.165, 1.54) is 0 Å². The molecular formula is C17H20N3O2+. The van der Waals surface area contributed by atoms with Gasteiger partial charge in [-0.3, -0.25) is 0 Å². The lowest BCUT2D eigenvalue weighted by Crippen LogP contribution is -2.32. The zero-order valence-electron chi connectivity index (χ0n) is 12.7. The first-order valence-corrected chi connectivity index (χ1v) is 7.04. The van der Waals surface area contributed by atoms with Gasteiger partial charge < -0.3 is 15.8 Å². The number of aromatic nitrogens is 1. The summed E-state index contributed by atoms with van der Waals surface area (Å²) < 4.78 is 7.18. The fourth-order valence-corrected chi connectivity index (χ4v) is 2.04. The predicted octanol–water partition coefficient (Wildman–Crippen LogP) is 2.17. The molecule has 0 radical (unpaired) electrons. The lowest BCUT2D eigenvalue weighted by Gasteiger charge is -2.08. The summed E-state index contributed by atoms with van der Waals surface area (Å²) in [6.07, 6.45) is 5.79. The van der Waals surface area contributed by atoms with Crippen molar-refractivity contribution < 1.29 is 14.1 Å². The fourth-order valence-electron chi connectivity index (χ4n) is 2.04. The van der Waals surface area contributed by atoms with Gasteiger partial charge in [-0.15, -0.1) is 0 Å². The van der Waals surface area contributed by atoms with Crippen LogP contribution in [0.5, 0.6) is 5.75 Å². The van der Waals surface area contributed by atoms with Gasteiger partial charge in [0.2, 0.25) is 0 Å². The number of carbonyl (C=O) groups excluding carboxylic acids is 1. The van der Waals surface area contributed by atoms with Gasteiger partial charge in [0.15, 0.2) is 12.4 Å². The lowest BCUT2D eigenvalue weighted by atomic mass is 10.1. The highest BCUT2D eigenvalue weighted by molar-refractivity contribution is 5.90. The van der Waals surface area contributed by atoms with E-state index in [1.54, 1.807) is 7.11 Å². The molecule has 2 rings (SSSR count). The van der Waals surface area contributed by atoms with Crippen molar-refractivity contribution in [1.29, 1.82) is 0 Å². The molecule has 3 N–H and O–H groups in total. The van der Waals surface area contributed by atoms with Crippen LogP contribution in [0, 0.1) is 0 Å². The van der Waals surface area contributed by atoms with E-state index in [4.69, 9.17) is 10.5 Å². The average molecular weight is 298 g/mol. The average Bonchev–Trinajstić information content (AvgIpc) is 2.54. The molecule has 1 aromatic carbocycles. The first-order valence-electron chi connectivity index (χ1n) is 7.04. The van der Waals surface area contributed by atoms with Gasteiger partial charge in [0, 0.05) is 17.7 Å². The number of aryl methyl sites for hydroxylation is 1. The normalized spacial score (nSPS) is 11.1. The van der Waals surface area contributed by atoms with Gasteiger partial charge in [-0.25, -0.2) is 9.36 Å².